The van der Waals surface area contributed by atoms with E-state index >= 15 is 0 Å². The maximum Gasteiger partial charge on any atom is 0.354 e. The molecule has 0 aromatic rings. The first-order valence-corrected chi connectivity index (χ1v) is 2.55. The predicted molar refractivity (Wildman–Crippen MR) is 31.8 cm³/mol. The number of carbonyl (C=O) groups excluding carboxylic acids is 2. The number of rotatable bonds is 1. The molecule has 0 aromatic carbocycles. The lowest BCUT2D eigenvalue weighted by atomic mass is 10.6. The van der Waals surface area contributed by atoms with Crippen molar-refractivity contribution in [3.05, 3.63) is 0 Å². The van der Waals surface area contributed by atoms with E-state index < -0.39 is 6.03 Å². The van der Waals surface area contributed by atoms with Crippen LogP contribution < -0.4 is 0 Å². The third-order valence-electron chi connectivity index (χ3n) is 0.942. The molecule has 0 bridgehead atoms. The van der Waals surface area contributed by atoms with Crippen LogP contribution in [0.3, 0.4) is 0 Å². The first kappa shape index (κ1) is 7.85. The molecule has 4 nitrogen and oxygen atoms in total. The van der Waals surface area contributed by atoms with Gasteiger partial charge in [0.25, 0.3) is 0 Å². The van der Waals surface area contributed by atoms with E-state index in [0.29, 0.717) is 6.54 Å². The summed E-state index contributed by atoms with van der Waals surface area (Å²) in [5, 5.41) is 0. The Labute approximate surface area is 53.2 Å². The molecule has 0 heterocycles. The van der Waals surface area contributed by atoms with Gasteiger partial charge in [0.15, 0.2) is 0 Å². The molecule has 0 aliphatic heterocycles. The highest BCUT2D eigenvalue weighted by molar-refractivity contribution is 5.79. The second-order valence-electron chi connectivity index (χ2n) is 1.50. The van der Waals surface area contributed by atoms with Gasteiger partial charge in [-0.2, -0.15) is 0 Å². The van der Waals surface area contributed by atoms with E-state index in [2.05, 4.69) is 4.99 Å². The molecule has 0 fully saturated rings. The summed E-state index contributed by atoms with van der Waals surface area (Å²) in [4.78, 5) is 24.2. The van der Waals surface area contributed by atoms with Crippen molar-refractivity contribution in [1.82, 2.24) is 4.90 Å². The van der Waals surface area contributed by atoms with Crippen LogP contribution in [0.5, 0.6) is 0 Å². The summed E-state index contributed by atoms with van der Waals surface area (Å²) < 4.78 is 0. The molecule has 4 heteroatoms. The molecule has 0 saturated carbocycles. The van der Waals surface area contributed by atoms with Gasteiger partial charge >= 0.3 is 6.03 Å². The molecule has 0 aromatic heterocycles. The van der Waals surface area contributed by atoms with Crippen LogP contribution in [0, 0.1) is 0 Å². The molecule has 0 spiro atoms. The summed E-state index contributed by atoms with van der Waals surface area (Å²) in [5.41, 5.74) is 0. The number of urea groups is 1. The highest BCUT2D eigenvalue weighted by atomic mass is 16.2. The summed E-state index contributed by atoms with van der Waals surface area (Å²) >= 11 is 0. The van der Waals surface area contributed by atoms with Gasteiger partial charge in [-0.1, -0.05) is 0 Å². The predicted octanol–water partition coefficient (Wildman–Crippen LogP) is 0.394. The summed E-state index contributed by atoms with van der Waals surface area (Å²) in [6, 6.07) is -0.549. The summed E-state index contributed by atoms with van der Waals surface area (Å²) in [6.07, 6.45) is 1.17. The Bertz CT molecular complexity index is 149. The quantitative estimate of drug-likeness (QED) is 0.379. The Morgan fingerprint density at radius 1 is 1.78 bits per heavy atom. The molecule has 9 heavy (non-hydrogen) atoms. The maximum absolute atomic E-state index is 10.5. The van der Waals surface area contributed by atoms with Gasteiger partial charge in [-0.25, -0.2) is 9.59 Å². The maximum atomic E-state index is 10.5. The van der Waals surface area contributed by atoms with Crippen LogP contribution in [0.2, 0.25) is 0 Å². The Balaban J connectivity index is 3.87. The first-order chi connectivity index (χ1) is 4.22. The Morgan fingerprint density at radius 3 is 2.67 bits per heavy atom. The molecular weight excluding hydrogens is 120 g/mol. The van der Waals surface area contributed by atoms with Crippen molar-refractivity contribution in [2.45, 2.75) is 6.92 Å². The lowest BCUT2D eigenvalue weighted by molar-refractivity contribution is 0.221. The van der Waals surface area contributed by atoms with E-state index in [-0.39, 0.29) is 0 Å². The van der Waals surface area contributed by atoms with Crippen LogP contribution in [0.4, 0.5) is 4.79 Å². The molecule has 0 atom stereocenters. The van der Waals surface area contributed by atoms with Crippen molar-refractivity contribution in [2.75, 3.05) is 13.6 Å². The molecule has 50 valence electrons. The van der Waals surface area contributed by atoms with E-state index in [1.54, 1.807) is 14.0 Å². The van der Waals surface area contributed by atoms with Crippen LogP contribution in [-0.4, -0.2) is 30.6 Å². The topological polar surface area (TPSA) is 49.7 Å². The minimum atomic E-state index is -0.549. The molecule has 0 saturated heterocycles. The zero-order valence-corrected chi connectivity index (χ0v) is 5.42. The minimum absolute atomic E-state index is 0.546. The molecule has 2 amide bonds. The average molecular weight is 128 g/mol. The van der Waals surface area contributed by atoms with E-state index in [4.69, 9.17) is 0 Å². The number of amides is 2. The van der Waals surface area contributed by atoms with Crippen LogP contribution in [0.1, 0.15) is 6.92 Å². The zero-order valence-electron chi connectivity index (χ0n) is 5.42. The van der Waals surface area contributed by atoms with Crippen molar-refractivity contribution < 1.29 is 9.59 Å². The third kappa shape index (κ3) is 2.61. The van der Waals surface area contributed by atoms with E-state index in [1.807, 2.05) is 0 Å². The van der Waals surface area contributed by atoms with Gasteiger partial charge in [-0.15, -0.1) is 4.99 Å². The van der Waals surface area contributed by atoms with E-state index in [9.17, 15) is 9.59 Å². The molecule has 0 radical (unpaired) electrons. The summed E-state index contributed by atoms with van der Waals surface area (Å²) in [7, 11) is 1.56. The van der Waals surface area contributed by atoms with Crippen molar-refractivity contribution >= 4 is 12.1 Å². The molecular formula is C5H8N2O2. The van der Waals surface area contributed by atoms with Gasteiger partial charge in [0.2, 0.25) is 6.08 Å². The largest absolute Gasteiger partial charge is 0.354 e. The Hall–Kier alpha value is -1.15. The molecule has 0 aliphatic rings. The average Bonchev–Trinajstić information content (AvgIpc) is 1.87. The van der Waals surface area contributed by atoms with Gasteiger partial charge in [-0.3, -0.25) is 0 Å². The highest BCUT2D eigenvalue weighted by Crippen LogP contribution is 1.84. The summed E-state index contributed by atoms with van der Waals surface area (Å²) in [6.45, 7) is 2.34. The fraction of sp³-hybridized carbons (Fsp3) is 0.600. The zero-order chi connectivity index (χ0) is 7.28. The van der Waals surface area contributed by atoms with Crippen molar-refractivity contribution in [3.63, 3.8) is 0 Å². The van der Waals surface area contributed by atoms with E-state index in [1.165, 1.54) is 11.0 Å². The SMILES string of the molecule is CCN(C)C(=O)N=C=O. The van der Waals surface area contributed by atoms with Gasteiger partial charge in [0, 0.05) is 13.6 Å². The lowest BCUT2D eigenvalue weighted by Gasteiger charge is -2.07. The lowest BCUT2D eigenvalue weighted by Crippen LogP contribution is -2.22. The third-order valence-corrected chi connectivity index (χ3v) is 0.942. The van der Waals surface area contributed by atoms with Crippen LogP contribution in [-0.2, 0) is 4.79 Å². The number of carbonyl (C=O) groups is 1. The number of hydrogen-bond acceptors (Lipinski definition) is 2. The molecule has 0 aliphatic carbocycles. The van der Waals surface area contributed by atoms with Gasteiger partial charge in [0.05, 0.1) is 0 Å². The minimum Gasteiger partial charge on any atom is -0.326 e. The van der Waals surface area contributed by atoms with Gasteiger partial charge in [0.1, 0.15) is 0 Å². The molecule has 0 unspecified atom stereocenters. The fourth-order valence-corrected chi connectivity index (χ4v) is 0.260. The second kappa shape index (κ2) is 3.80. The smallest absolute Gasteiger partial charge is 0.326 e. The first-order valence-electron chi connectivity index (χ1n) is 2.55. The van der Waals surface area contributed by atoms with Crippen molar-refractivity contribution in [1.29, 1.82) is 0 Å². The normalized spacial score (nSPS) is 7.78. The van der Waals surface area contributed by atoms with E-state index in [0.717, 1.165) is 0 Å². The number of nitrogens with zero attached hydrogens (tertiary/aromatic N) is 2. The standard InChI is InChI=1S/C5H8N2O2/c1-3-7(2)5(9)6-4-8/h3H2,1-2H3. The number of hydrogen-bond donors (Lipinski definition) is 0. The van der Waals surface area contributed by atoms with Crippen LogP contribution in [0.15, 0.2) is 4.99 Å². The van der Waals surface area contributed by atoms with Gasteiger partial charge in [-0.05, 0) is 6.92 Å². The number of aliphatic imine (C=N–C) groups is 1. The molecule has 0 rings (SSSR count). The number of isocyanates is 1. The molecule has 0 N–H and O–H groups in total. The Kier molecular flexibility index (Phi) is 3.32. The van der Waals surface area contributed by atoms with Crippen molar-refractivity contribution in [3.8, 4) is 0 Å². The summed E-state index contributed by atoms with van der Waals surface area (Å²) in [5.74, 6) is 0. The van der Waals surface area contributed by atoms with Gasteiger partial charge < -0.3 is 4.90 Å². The Morgan fingerprint density at radius 2 is 2.33 bits per heavy atom. The fourth-order valence-electron chi connectivity index (χ4n) is 0.260. The van der Waals surface area contributed by atoms with Crippen molar-refractivity contribution in [2.24, 2.45) is 4.99 Å². The highest BCUT2D eigenvalue weighted by Gasteiger charge is 2.01. The van der Waals surface area contributed by atoms with Crippen LogP contribution >= 0.6 is 0 Å². The monoisotopic (exact) mass is 128 g/mol. The second-order valence-corrected chi connectivity index (χ2v) is 1.50. The van der Waals surface area contributed by atoms with Crippen LogP contribution in [0.25, 0.3) is 0 Å².